The van der Waals surface area contributed by atoms with Crippen LogP contribution in [0.3, 0.4) is 0 Å². The van der Waals surface area contributed by atoms with Crippen molar-refractivity contribution < 1.29 is 26.9 Å². The first-order valence-electron chi connectivity index (χ1n) is 3.91. The standard InChI is InChI=1S/C8H12N2O2.ClH/c1-9-5-6-10(7-9)4-2-3-8(11)12;/h5-7H,2-4H2,1H3;1H. The molecule has 0 amide bonds. The summed E-state index contributed by atoms with van der Waals surface area (Å²) in [7, 11) is 1.94. The van der Waals surface area contributed by atoms with E-state index in [0.29, 0.717) is 6.42 Å². The number of carbonyl (C=O) groups is 1. The molecule has 4 nitrogen and oxygen atoms in total. The van der Waals surface area contributed by atoms with E-state index in [2.05, 4.69) is 0 Å². The average molecular weight is 205 g/mol. The number of carboxylic acid groups (broad SMARTS) is 1. The van der Waals surface area contributed by atoms with Gasteiger partial charge in [0, 0.05) is 6.42 Å². The maximum atomic E-state index is 10.2. The summed E-state index contributed by atoms with van der Waals surface area (Å²) in [6, 6.07) is 0. The van der Waals surface area contributed by atoms with Crippen molar-refractivity contribution in [3.05, 3.63) is 18.7 Å². The van der Waals surface area contributed by atoms with E-state index < -0.39 is 5.97 Å². The number of aromatic nitrogens is 2. The van der Waals surface area contributed by atoms with Crippen molar-refractivity contribution >= 4 is 5.97 Å². The Hall–Kier alpha value is -1.03. The molecule has 0 radical (unpaired) electrons. The third-order valence-electron chi connectivity index (χ3n) is 1.63. The molecule has 0 saturated carbocycles. The van der Waals surface area contributed by atoms with Gasteiger partial charge >= 0.3 is 5.97 Å². The van der Waals surface area contributed by atoms with Crippen molar-refractivity contribution in [2.45, 2.75) is 19.4 Å². The zero-order valence-electron chi connectivity index (χ0n) is 7.48. The fourth-order valence-corrected chi connectivity index (χ4v) is 1.05. The van der Waals surface area contributed by atoms with Crippen LogP contribution in [0.4, 0.5) is 0 Å². The van der Waals surface area contributed by atoms with Gasteiger partial charge in [-0.3, -0.25) is 4.79 Å². The Kier molecular flexibility index (Phi) is 5.14. The van der Waals surface area contributed by atoms with E-state index in [1.807, 2.05) is 34.9 Å². The molecule has 74 valence electrons. The second kappa shape index (κ2) is 5.59. The highest BCUT2D eigenvalue weighted by atomic mass is 35.5. The fraction of sp³-hybridized carbons (Fsp3) is 0.500. The lowest BCUT2D eigenvalue weighted by molar-refractivity contribution is -0.671. The highest BCUT2D eigenvalue weighted by Crippen LogP contribution is 1.93. The van der Waals surface area contributed by atoms with Gasteiger partial charge in [0.05, 0.1) is 13.6 Å². The average Bonchev–Trinajstić information content (AvgIpc) is 2.35. The summed E-state index contributed by atoms with van der Waals surface area (Å²) in [4.78, 5) is 10.2. The summed E-state index contributed by atoms with van der Waals surface area (Å²) in [5, 5.41) is 8.38. The van der Waals surface area contributed by atoms with E-state index in [4.69, 9.17) is 5.11 Å². The van der Waals surface area contributed by atoms with Crippen LogP contribution >= 0.6 is 0 Å². The van der Waals surface area contributed by atoms with E-state index in [-0.39, 0.29) is 18.8 Å². The first-order chi connectivity index (χ1) is 5.68. The quantitative estimate of drug-likeness (QED) is 0.538. The maximum Gasteiger partial charge on any atom is 0.303 e. The molecule has 1 aromatic rings. The number of hydrogen-bond acceptors (Lipinski definition) is 1. The van der Waals surface area contributed by atoms with Crippen LogP contribution in [0, 0.1) is 0 Å². The molecule has 13 heavy (non-hydrogen) atoms. The minimum Gasteiger partial charge on any atom is -1.00 e. The van der Waals surface area contributed by atoms with Gasteiger partial charge in [0.1, 0.15) is 12.4 Å². The van der Waals surface area contributed by atoms with Crippen molar-refractivity contribution in [1.29, 1.82) is 0 Å². The van der Waals surface area contributed by atoms with Crippen LogP contribution in [0.2, 0.25) is 0 Å². The molecule has 0 unspecified atom stereocenters. The number of halogens is 1. The Morgan fingerprint density at radius 3 is 2.77 bits per heavy atom. The number of rotatable bonds is 4. The number of hydrogen-bond donors (Lipinski definition) is 1. The predicted octanol–water partition coefficient (Wildman–Crippen LogP) is -2.82. The lowest BCUT2D eigenvalue weighted by Crippen LogP contribution is -3.00. The van der Waals surface area contributed by atoms with Gasteiger partial charge in [0.25, 0.3) is 0 Å². The van der Waals surface area contributed by atoms with E-state index in [1.54, 1.807) is 0 Å². The van der Waals surface area contributed by atoms with Crippen LogP contribution in [0.5, 0.6) is 0 Å². The smallest absolute Gasteiger partial charge is 0.303 e. The molecule has 1 heterocycles. The van der Waals surface area contributed by atoms with Crippen LogP contribution in [0.1, 0.15) is 12.8 Å². The van der Waals surface area contributed by atoms with Gasteiger partial charge in [0.2, 0.25) is 6.33 Å². The molecule has 1 rings (SSSR count). The second-order valence-electron chi connectivity index (χ2n) is 2.81. The molecular formula is C8H13ClN2O2. The van der Waals surface area contributed by atoms with Crippen molar-refractivity contribution in [3.63, 3.8) is 0 Å². The molecule has 0 atom stereocenters. The van der Waals surface area contributed by atoms with Crippen LogP contribution in [-0.2, 0) is 18.4 Å². The normalized spacial score (nSPS) is 9.31. The summed E-state index contributed by atoms with van der Waals surface area (Å²) in [6.07, 6.45) is 6.72. The van der Waals surface area contributed by atoms with E-state index in [9.17, 15) is 4.79 Å². The van der Waals surface area contributed by atoms with Crippen LogP contribution in [-0.4, -0.2) is 15.6 Å². The minimum absolute atomic E-state index is 0. The number of imidazole rings is 1. The molecule has 0 saturated heterocycles. The number of nitrogens with zero attached hydrogens (tertiary/aromatic N) is 2. The van der Waals surface area contributed by atoms with E-state index in [0.717, 1.165) is 6.54 Å². The lowest BCUT2D eigenvalue weighted by atomic mass is 10.3. The van der Waals surface area contributed by atoms with Gasteiger partial charge in [-0.25, -0.2) is 9.13 Å². The monoisotopic (exact) mass is 204 g/mol. The Morgan fingerprint density at radius 1 is 1.62 bits per heavy atom. The molecule has 0 bridgehead atoms. The van der Waals surface area contributed by atoms with Crippen LogP contribution in [0.25, 0.3) is 0 Å². The molecule has 0 aliphatic heterocycles. The number of aryl methyl sites for hydroxylation is 2. The Labute approximate surface area is 83.2 Å². The predicted molar refractivity (Wildman–Crippen MR) is 42.5 cm³/mol. The molecule has 0 fully saturated rings. The third-order valence-corrected chi connectivity index (χ3v) is 1.63. The minimum atomic E-state index is -0.730. The first-order valence-corrected chi connectivity index (χ1v) is 3.91. The third kappa shape index (κ3) is 4.52. The zero-order chi connectivity index (χ0) is 8.97. The zero-order valence-corrected chi connectivity index (χ0v) is 8.24. The largest absolute Gasteiger partial charge is 1.00 e. The SMILES string of the molecule is C[n+]1ccn(CCCC(=O)O)c1.[Cl-]. The Morgan fingerprint density at radius 2 is 2.31 bits per heavy atom. The van der Waals surface area contributed by atoms with Crippen molar-refractivity contribution in [2.75, 3.05) is 0 Å². The highest BCUT2D eigenvalue weighted by molar-refractivity contribution is 5.66. The van der Waals surface area contributed by atoms with Crippen molar-refractivity contribution in [3.8, 4) is 0 Å². The molecule has 0 spiro atoms. The van der Waals surface area contributed by atoms with Gasteiger partial charge in [0.15, 0.2) is 0 Å². The Bertz CT molecular complexity index is 273. The number of aliphatic carboxylic acids is 1. The molecule has 5 heteroatoms. The van der Waals surface area contributed by atoms with Gasteiger partial charge in [-0.1, -0.05) is 0 Å². The van der Waals surface area contributed by atoms with Crippen LogP contribution in [0.15, 0.2) is 18.7 Å². The fourth-order valence-electron chi connectivity index (χ4n) is 1.05. The Balaban J connectivity index is 0.00000144. The molecule has 0 aromatic carbocycles. The van der Waals surface area contributed by atoms with E-state index in [1.165, 1.54) is 0 Å². The molecule has 1 aromatic heterocycles. The highest BCUT2D eigenvalue weighted by Gasteiger charge is 2.01. The summed E-state index contributed by atoms with van der Waals surface area (Å²) in [5.74, 6) is -0.730. The van der Waals surface area contributed by atoms with Crippen LogP contribution < -0.4 is 17.0 Å². The summed E-state index contributed by atoms with van der Waals surface area (Å²) in [5.41, 5.74) is 0. The first kappa shape index (κ1) is 12.0. The lowest BCUT2D eigenvalue weighted by Gasteiger charge is -1.92. The van der Waals surface area contributed by atoms with Gasteiger partial charge < -0.3 is 17.5 Å². The molecule has 0 aliphatic rings. The summed E-state index contributed by atoms with van der Waals surface area (Å²) in [6.45, 7) is 0.771. The maximum absolute atomic E-state index is 10.2. The molecular weight excluding hydrogens is 192 g/mol. The number of carboxylic acids is 1. The summed E-state index contributed by atoms with van der Waals surface area (Å²) >= 11 is 0. The van der Waals surface area contributed by atoms with Crippen molar-refractivity contribution in [2.24, 2.45) is 7.05 Å². The second-order valence-corrected chi connectivity index (χ2v) is 2.81. The van der Waals surface area contributed by atoms with Gasteiger partial charge in [-0.2, -0.15) is 0 Å². The van der Waals surface area contributed by atoms with Gasteiger partial charge in [-0.05, 0) is 6.42 Å². The molecule has 1 N–H and O–H groups in total. The topological polar surface area (TPSA) is 46.1 Å². The van der Waals surface area contributed by atoms with Crippen molar-refractivity contribution in [1.82, 2.24) is 4.57 Å². The van der Waals surface area contributed by atoms with Gasteiger partial charge in [-0.15, -0.1) is 0 Å². The van der Waals surface area contributed by atoms with E-state index >= 15 is 0 Å². The molecule has 0 aliphatic carbocycles. The summed E-state index contributed by atoms with van der Waals surface area (Å²) < 4.78 is 3.91.